The summed E-state index contributed by atoms with van der Waals surface area (Å²) in [5.41, 5.74) is 2.74. The summed E-state index contributed by atoms with van der Waals surface area (Å²) < 4.78 is 11.7. The molecule has 3 unspecified atom stereocenters. The van der Waals surface area contributed by atoms with E-state index in [1.165, 1.54) is 11.1 Å². The number of rotatable bonds is 4. The van der Waals surface area contributed by atoms with Crippen molar-refractivity contribution in [2.45, 2.75) is 44.8 Å². The van der Waals surface area contributed by atoms with E-state index in [9.17, 15) is 0 Å². The Morgan fingerprint density at radius 3 is 3.00 bits per heavy atom. The molecule has 1 aromatic carbocycles. The summed E-state index contributed by atoms with van der Waals surface area (Å²) in [4.78, 5) is 0. The monoisotopic (exact) mass is 289 g/mol. The molecule has 0 aliphatic carbocycles. The van der Waals surface area contributed by atoms with E-state index in [2.05, 4.69) is 43.4 Å². The second kappa shape index (κ2) is 6.47. The van der Waals surface area contributed by atoms with Crippen molar-refractivity contribution in [2.75, 3.05) is 26.4 Å². The van der Waals surface area contributed by atoms with Crippen molar-refractivity contribution in [3.8, 4) is 0 Å². The highest BCUT2D eigenvalue weighted by molar-refractivity contribution is 5.26. The van der Waals surface area contributed by atoms with Crippen LogP contribution in [-0.4, -0.2) is 32.0 Å². The Hall–Kier alpha value is -0.900. The quantitative estimate of drug-likeness (QED) is 0.923. The first kappa shape index (κ1) is 15.0. The molecule has 3 heteroatoms. The summed E-state index contributed by atoms with van der Waals surface area (Å²) in [6.07, 6.45) is 3.29. The first-order valence-corrected chi connectivity index (χ1v) is 8.24. The molecule has 0 aromatic heterocycles. The third-order valence-corrected chi connectivity index (χ3v) is 4.89. The SMILES string of the molecule is CCNC(c1cccc(C)c1)C1CCOC2(CCOC2)C1. The first-order chi connectivity index (χ1) is 10.2. The van der Waals surface area contributed by atoms with Crippen LogP contribution in [0.25, 0.3) is 0 Å². The summed E-state index contributed by atoms with van der Waals surface area (Å²) in [5.74, 6) is 0.627. The second-order valence-corrected chi connectivity index (χ2v) is 6.54. The molecule has 2 heterocycles. The molecule has 0 saturated carbocycles. The maximum Gasteiger partial charge on any atom is 0.0940 e. The fraction of sp³-hybridized carbons (Fsp3) is 0.667. The highest BCUT2D eigenvalue weighted by Gasteiger charge is 2.43. The van der Waals surface area contributed by atoms with Gasteiger partial charge in [-0.05, 0) is 37.8 Å². The molecule has 116 valence electrons. The second-order valence-electron chi connectivity index (χ2n) is 6.54. The number of aryl methyl sites for hydroxylation is 1. The van der Waals surface area contributed by atoms with E-state index in [1.54, 1.807) is 0 Å². The molecule has 0 amide bonds. The normalized spacial score (nSPS) is 30.7. The van der Waals surface area contributed by atoms with Crippen LogP contribution in [0.4, 0.5) is 0 Å². The van der Waals surface area contributed by atoms with Gasteiger partial charge in [-0.3, -0.25) is 0 Å². The van der Waals surface area contributed by atoms with Gasteiger partial charge in [-0.1, -0.05) is 36.8 Å². The molecular weight excluding hydrogens is 262 g/mol. The van der Waals surface area contributed by atoms with Crippen LogP contribution in [0.2, 0.25) is 0 Å². The van der Waals surface area contributed by atoms with Gasteiger partial charge in [0.25, 0.3) is 0 Å². The molecule has 3 nitrogen and oxygen atoms in total. The molecule has 21 heavy (non-hydrogen) atoms. The van der Waals surface area contributed by atoms with E-state index in [-0.39, 0.29) is 5.60 Å². The van der Waals surface area contributed by atoms with Gasteiger partial charge in [-0.2, -0.15) is 0 Å². The Labute approximate surface area is 128 Å². The molecule has 1 spiro atoms. The lowest BCUT2D eigenvalue weighted by Gasteiger charge is -2.40. The van der Waals surface area contributed by atoms with Crippen LogP contribution in [0, 0.1) is 12.8 Å². The van der Waals surface area contributed by atoms with Crippen molar-refractivity contribution in [1.82, 2.24) is 5.32 Å². The van der Waals surface area contributed by atoms with Gasteiger partial charge >= 0.3 is 0 Å². The van der Waals surface area contributed by atoms with Gasteiger partial charge in [0.15, 0.2) is 0 Å². The Bertz CT molecular complexity index is 468. The van der Waals surface area contributed by atoms with Crippen molar-refractivity contribution in [3.63, 3.8) is 0 Å². The van der Waals surface area contributed by atoms with E-state index in [1.807, 2.05) is 0 Å². The van der Waals surface area contributed by atoms with Gasteiger partial charge in [0.05, 0.1) is 12.2 Å². The zero-order chi connectivity index (χ0) is 14.7. The van der Waals surface area contributed by atoms with E-state index < -0.39 is 0 Å². The molecule has 1 aromatic rings. The van der Waals surface area contributed by atoms with Crippen molar-refractivity contribution in [1.29, 1.82) is 0 Å². The molecule has 2 aliphatic heterocycles. The zero-order valence-electron chi connectivity index (χ0n) is 13.2. The molecule has 3 rings (SSSR count). The van der Waals surface area contributed by atoms with Crippen molar-refractivity contribution < 1.29 is 9.47 Å². The number of hydrogen-bond acceptors (Lipinski definition) is 3. The summed E-state index contributed by atoms with van der Waals surface area (Å²) in [7, 11) is 0. The molecule has 2 aliphatic rings. The lowest BCUT2D eigenvalue weighted by molar-refractivity contribution is -0.103. The van der Waals surface area contributed by atoms with Crippen LogP contribution in [-0.2, 0) is 9.47 Å². The summed E-state index contributed by atoms with van der Waals surface area (Å²) >= 11 is 0. The van der Waals surface area contributed by atoms with Crippen LogP contribution >= 0.6 is 0 Å². The standard InChI is InChI=1S/C18H27NO2/c1-3-19-17(15-6-4-5-14(2)11-15)16-7-9-21-18(12-16)8-10-20-13-18/h4-6,11,16-17,19H,3,7-10,12-13H2,1-2H3. The van der Waals surface area contributed by atoms with Gasteiger partial charge in [0.1, 0.15) is 0 Å². The van der Waals surface area contributed by atoms with Gasteiger partial charge in [0.2, 0.25) is 0 Å². The van der Waals surface area contributed by atoms with Crippen molar-refractivity contribution >= 4 is 0 Å². The van der Waals surface area contributed by atoms with Crippen molar-refractivity contribution in [2.24, 2.45) is 5.92 Å². The fourth-order valence-electron chi connectivity index (χ4n) is 3.85. The van der Waals surface area contributed by atoms with Gasteiger partial charge in [-0.25, -0.2) is 0 Å². The lowest BCUT2D eigenvalue weighted by Crippen LogP contribution is -2.44. The number of hydrogen-bond donors (Lipinski definition) is 1. The van der Waals surface area contributed by atoms with Crippen molar-refractivity contribution in [3.05, 3.63) is 35.4 Å². The molecule has 0 bridgehead atoms. The maximum atomic E-state index is 6.09. The minimum Gasteiger partial charge on any atom is -0.378 e. The van der Waals surface area contributed by atoms with E-state index in [4.69, 9.17) is 9.47 Å². The summed E-state index contributed by atoms with van der Waals surface area (Å²) in [5, 5.41) is 3.71. The molecule has 1 N–H and O–H groups in total. The predicted octanol–water partition coefficient (Wildman–Crippen LogP) is 3.23. The van der Waals surface area contributed by atoms with Gasteiger partial charge < -0.3 is 14.8 Å². The molecular formula is C18H27NO2. The highest BCUT2D eigenvalue weighted by atomic mass is 16.6. The largest absolute Gasteiger partial charge is 0.378 e. The minimum absolute atomic E-state index is 0.0135. The van der Waals surface area contributed by atoms with Crippen LogP contribution in [0.1, 0.15) is 43.4 Å². The van der Waals surface area contributed by atoms with Crippen LogP contribution in [0.5, 0.6) is 0 Å². The molecule has 0 radical (unpaired) electrons. The maximum absolute atomic E-state index is 6.09. The Morgan fingerprint density at radius 2 is 2.29 bits per heavy atom. The third kappa shape index (κ3) is 3.31. The lowest BCUT2D eigenvalue weighted by atomic mass is 9.78. The summed E-state index contributed by atoms with van der Waals surface area (Å²) in [6.45, 7) is 7.85. The smallest absolute Gasteiger partial charge is 0.0940 e. The average molecular weight is 289 g/mol. The topological polar surface area (TPSA) is 30.5 Å². The molecule has 2 saturated heterocycles. The van der Waals surface area contributed by atoms with Crippen LogP contribution in [0.15, 0.2) is 24.3 Å². The molecule has 3 atom stereocenters. The zero-order valence-corrected chi connectivity index (χ0v) is 13.2. The van der Waals surface area contributed by atoms with E-state index in [0.29, 0.717) is 12.0 Å². The highest BCUT2D eigenvalue weighted by Crippen LogP contribution is 2.41. The van der Waals surface area contributed by atoms with Crippen LogP contribution in [0.3, 0.4) is 0 Å². The predicted molar refractivity (Wildman–Crippen MR) is 84.4 cm³/mol. The number of nitrogens with one attached hydrogen (secondary N) is 1. The van der Waals surface area contributed by atoms with E-state index in [0.717, 1.165) is 45.6 Å². The Balaban J connectivity index is 1.80. The van der Waals surface area contributed by atoms with Gasteiger partial charge in [0, 0.05) is 25.7 Å². The van der Waals surface area contributed by atoms with Gasteiger partial charge in [-0.15, -0.1) is 0 Å². The number of benzene rings is 1. The number of ether oxygens (including phenoxy) is 2. The third-order valence-electron chi connectivity index (χ3n) is 4.89. The Kier molecular flexibility index (Phi) is 4.63. The summed E-state index contributed by atoms with van der Waals surface area (Å²) in [6, 6.07) is 9.34. The fourth-order valence-corrected chi connectivity index (χ4v) is 3.85. The van der Waals surface area contributed by atoms with E-state index >= 15 is 0 Å². The first-order valence-electron chi connectivity index (χ1n) is 8.24. The Morgan fingerprint density at radius 1 is 1.38 bits per heavy atom. The minimum atomic E-state index is -0.0135. The van der Waals surface area contributed by atoms with Crippen LogP contribution < -0.4 is 5.32 Å². The molecule has 2 fully saturated rings. The average Bonchev–Trinajstić information content (AvgIpc) is 2.92.